The lowest BCUT2D eigenvalue weighted by molar-refractivity contribution is -0.148. The molecule has 1 heterocycles. The minimum Gasteiger partial charge on any atom is -0.452 e. The summed E-state index contributed by atoms with van der Waals surface area (Å²) in [5.41, 5.74) is 0.734. The third-order valence-electron chi connectivity index (χ3n) is 4.00. The average molecular weight is 380 g/mol. The van der Waals surface area contributed by atoms with E-state index in [-0.39, 0.29) is 44.4 Å². The molecule has 1 saturated heterocycles. The summed E-state index contributed by atoms with van der Waals surface area (Å²) in [6.45, 7) is 2.61. The van der Waals surface area contributed by atoms with Crippen LogP contribution in [0.4, 0.5) is 0 Å². The summed E-state index contributed by atoms with van der Waals surface area (Å²) in [4.78, 5) is 25.0. The molecule has 26 heavy (non-hydrogen) atoms. The van der Waals surface area contributed by atoms with Gasteiger partial charge in [-0.1, -0.05) is 43.3 Å². The van der Waals surface area contributed by atoms with Crippen molar-refractivity contribution in [3.05, 3.63) is 48.0 Å². The second-order valence-electron chi connectivity index (χ2n) is 5.94. The number of carbonyl (C=O) groups excluding carboxylic acids is 2. The normalized spacial score (nSPS) is 16.0. The number of rotatable bonds is 7. The Kier molecular flexibility index (Phi) is 7.35. The molecule has 1 fully saturated rings. The van der Waals surface area contributed by atoms with Crippen molar-refractivity contribution in [3.63, 3.8) is 0 Å². The van der Waals surface area contributed by atoms with E-state index in [1.165, 1.54) is 15.3 Å². The van der Waals surface area contributed by atoms with Crippen LogP contribution in [0.1, 0.15) is 18.9 Å². The standard InChI is InChI=1S/C18H24N2O5S/c1-2-3-9-18(22)25-14-17(21)19-10-12-20(13-11-19)26(23,24)15-16-7-5-4-6-8-16/h3-9H,2,10-15H2,1H3/b9-3+. The van der Waals surface area contributed by atoms with E-state index in [0.717, 1.165) is 5.56 Å². The maximum absolute atomic E-state index is 12.5. The molecule has 1 amide bonds. The highest BCUT2D eigenvalue weighted by Crippen LogP contribution is 2.13. The SMILES string of the molecule is CC/C=C/C(=O)OCC(=O)N1CCN(S(=O)(=O)Cc2ccccc2)CC1. The number of benzene rings is 1. The molecule has 1 aromatic rings. The first-order valence-electron chi connectivity index (χ1n) is 8.55. The molecular formula is C18H24N2O5S. The van der Waals surface area contributed by atoms with Gasteiger partial charge in [-0.15, -0.1) is 0 Å². The van der Waals surface area contributed by atoms with Crippen LogP contribution in [-0.4, -0.2) is 62.3 Å². The minimum atomic E-state index is -3.42. The summed E-state index contributed by atoms with van der Waals surface area (Å²) in [6.07, 6.45) is 3.66. The Labute approximate surface area is 154 Å². The number of allylic oxidation sites excluding steroid dienone is 1. The van der Waals surface area contributed by atoms with Crippen LogP contribution >= 0.6 is 0 Å². The maximum atomic E-state index is 12.5. The third-order valence-corrected chi connectivity index (χ3v) is 5.85. The average Bonchev–Trinajstić information content (AvgIpc) is 2.65. The Balaban J connectivity index is 1.81. The Morgan fingerprint density at radius 2 is 1.77 bits per heavy atom. The molecule has 0 aliphatic carbocycles. The van der Waals surface area contributed by atoms with Gasteiger partial charge in [0, 0.05) is 32.3 Å². The first-order chi connectivity index (χ1) is 12.4. The van der Waals surface area contributed by atoms with Crippen molar-refractivity contribution in [3.8, 4) is 0 Å². The topological polar surface area (TPSA) is 84.0 Å². The summed E-state index contributed by atoms with van der Waals surface area (Å²) in [5.74, 6) is -0.920. The number of amides is 1. The van der Waals surface area contributed by atoms with Gasteiger partial charge in [0.15, 0.2) is 6.61 Å². The molecule has 0 spiro atoms. The van der Waals surface area contributed by atoms with Gasteiger partial charge in [-0.3, -0.25) is 4.79 Å². The van der Waals surface area contributed by atoms with Gasteiger partial charge in [0.2, 0.25) is 10.0 Å². The number of nitrogens with zero attached hydrogens (tertiary/aromatic N) is 2. The van der Waals surface area contributed by atoms with E-state index in [1.54, 1.807) is 30.3 Å². The Morgan fingerprint density at radius 3 is 2.38 bits per heavy atom. The van der Waals surface area contributed by atoms with E-state index in [9.17, 15) is 18.0 Å². The van der Waals surface area contributed by atoms with Crippen LogP contribution in [0.3, 0.4) is 0 Å². The van der Waals surface area contributed by atoms with Gasteiger partial charge in [-0.05, 0) is 12.0 Å². The van der Waals surface area contributed by atoms with Gasteiger partial charge in [0.05, 0.1) is 5.75 Å². The molecule has 0 bridgehead atoms. The molecule has 0 aromatic heterocycles. The van der Waals surface area contributed by atoms with Gasteiger partial charge in [-0.2, -0.15) is 4.31 Å². The monoisotopic (exact) mass is 380 g/mol. The number of sulfonamides is 1. The molecule has 142 valence electrons. The molecule has 1 aromatic carbocycles. The molecule has 7 nitrogen and oxygen atoms in total. The van der Waals surface area contributed by atoms with Crippen molar-refractivity contribution in [2.75, 3.05) is 32.8 Å². The molecule has 8 heteroatoms. The first kappa shape index (κ1) is 20.1. The molecule has 1 aliphatic heterocycles. The lowest BCUT2D eigenvalue weighted by Gasteiger charge is -2.33. The van der Waals surface area contributed by atoms with Crippen LogP contribution in [0.15, 0.2) is 42.5 Å². The summed E-state index contributed by atoms with van der Waals surface area (Å²) in [7, 11) is -3.42. The molecule has 0 N–H and O–H groups in total. The lowest BCUT2D eigenvalue weighted by atomic mass is 10.2. The quantitative estimate of drug-likeness (QED) is 0.524. The highest BCUT2D eigenvalue weighted by atomic mass is 32.2. The highest BCUT2D eigenvalue weighted by Gasteiger charge is 2.29. The highest BCUT2D eigenvalue weighted by molar-refractivity contribution is 7.88. The predicted molar refractivity (Wildman–Crippen MR) is 97.6 cm³/mol. The van der Waals surface area contributed by atoms with Crippen molar-refractivity contribution in [1.82, 2.24) is 9.21 Å². The number of carbonyl (C=O) groups is 2. The van der Waals surface area contributed by atoms with E-state index >= 15 is 0 Å². The molecule has 1 aliphatic rings. The summed E-state index contributed by atoms with van der Waals surface area (Å²) < 4.78 is 31.3. The van der Waals surface area contributed by atoms with Crippen LogP contribution in [0.2, 0.25) is 0 Å². The fourth-order valence-electron chi connectivity index (χ4n) is 2.58. The smallest absolute Gasteiger partial charge is 0.330 e. The van der Waals surface area contributed by atoms with E-state index in [4.69, 9.17) is 4.74 Å². The Bertz CT molecular complexity index is 738. The fraction of sp³-hybridized carbons (Fsp3) is 0.444. The van der Waals surface area contributed by atoms with Crippen molar-refractivity contribution in [1.29, 1.82) is 0 Å². The molecule has 0 unspecified atom stereocenters. The summed E-state index contributed by atoms with van der Waals surface area (Å²) in [5, 5.41) is 0. The van der Waals surface area contributed by atoms with Crippen molar-refractivity contribution in [2.24, 2.45) is 0 Å². The Morgan fingerprint density at radius 1 is 1.12 bits per heavy atom. The maximum Gasteiger partial charge on any atom is 0.330 e. The van der Waals surface area contributed by atoms with Crippen LogP contribution in [0.25, 0.3) is 0 Å². The van der Waals surface area contributed by atoms with E-state index < -0.39 is 16.0 Å². The van der Waals surface area contributed by atoms with Crippen molar-refractivity contribution < 1.29 is 22.7 Å². The van der Waals surface area contributed by atoms with Crippen LogP contribution in [-0.2, 0) is 30.1 Å². The largest absolute Gasteiger partial charge is 0.452 e. The van der Waals surface area contributed by atoms with Crippen molar-refractivity contribution in [2.45, 2.75) is 19.1 Å². The summed E-state index contributed by atoms with van der Waals surface area (Å²) >= 11 is 0. The number of ether oxygens (including phenoxy) is 1. The van der Waals surface area contributed by atoms with Crippen LogP contribution < -0.4 is 0 Å². The molecule has 0 atom stereocenters. The van der Waals surface area contributed by atoms with Crippen LogP contribution in [0.5, 0.6) is 0 Å². The fourth-order valence-corrected chi connectivity index (χ4v) is 4.09. The Hall–Kier alpha value is -2.19. The molecule has 0 saturated carbocycles. The second kappa shape index (κ2) is 9.49. The predicted octanol–water partition coefficient (Wildman–Crippen LogP) is 1.17. The first-order valence-corrected chi connectivity index (χ1v) is 10.2. The lowest BCUT2D eigenvalue weighted by Crippen LogP contribution is -2.51. The van der Waals surface area contributed by atoms with Gasteiger partial charge >= 0.3 is 5.97 Å². The zero-order chi connectivity index (χ0) is 19.0. The third kappa shape index (κ3) is 5.96. The zero-order valence-corrected chi connectivity index (χ0v) is 15.7. The van der Waals surface area contributed by atoms with Crippen LogP contribution in [0, 0.1) is 0 Å². The van der Waals surface area contributed by atoms with Gasteiger partial charge in [-0.25, -0.2) is 13.2 Å². The van der Waals surface area contributed by atoms with Gasteiger partial charge in [0.1, 0.15) is 0 Å². The van der Waals surface area contributed by atoms with E-state index in [2.05, 4.69) is 0 Å². The second-order valence-corrected chi connectivity index (χ2v) is 7.91. The molecule has 0 radical (unpaired) electrons. The number of hydrogen-bond donors (Lipinski definition) is 0. The van der Waals surface area contributed by atoms with Gasteiger partial charge < -0.3 is 9.64 Å². The number of esters is 1. The number of piperazine rings is 1. The minimum absolute atomic E-state index is 0.0524. The van der Waals surface area contributed by atoms with E-state index in [1.807, 2.05) is 13.0 Å². The molecular weight excluding hydrogens is 356 g/mol. The van der Waals surface area contributed by atoms with Crippen molar-refractivity contribution >= 4 is 21.9 Å². The zero-order valence-electron chi connectivity index (χ0n) is 14.8. The van der Waals surface area contributed by atoms with Gasteiger partial charge in [0.25, 0.3) is 5.91 Å². The molecule has 2 rings (SSSR count). The van der Waals surface area contributed by atoms with E-state index in [0.29, 0.717) is 6.42 Å². The number of hydrogen-bond acceptors (Lipinski definition) is 5. The summed E-state index contributed by atoms with van der Waals surface area (Å²) in [6, 6.07) is 9.00.